The largest absolute Gasteiger partial charge is 0.337 e. The van der Waals surface area contributed by atoms with Crippen molar-refractivity contribution in [2.75, 3.05) is 13.1 Å². The second kappa shape index (κ2) is 5.75. The lowest BCUT2D eigenvalue weighted by atomic mass is 9.93. The van der Waals surface area contributed by atoms with Crippen LogP contribution >= 0.6 is 11.3 Å². The molecule has 0 aliphatic carbocycles. The predicted octanol–water partition coefficient (Wildman–Crippen LogP) is 1.97. The average molecular weight is 290 g/mol. The Morgan fingerprint density at radius 3 is 2.85 bits per heavy atom. The van der Waals surface area contributed by atoms with E-state index in [-0.39, 0.29) is 5.91 Å². The number of likely N-dealkylation sites (tertiary alicyclic amines) is 1. The van der Waals surface area contributed by atoms with E-state index in [4.69, 9.17) is 0 Å². The number of amides is 1. The van der Waals surface area contributed by atoms with Crippen LogP contribution in [0.2, 0.25) is 0 Å². The van der Waals surface area contributed by atoms with Crippen molar-refractivity contribution in [3.63, 3.8) is 0 Å². The number of aromatic nitrogens is 3. The summed E-state index contributed by atoms with van der Waals surface area (Å²) in [5.41, 5.74) is 0.547. The van der Waals surface area contributed by atoms with Gasteiger partial charge in [-0.15, -0.1) is 11.3 Å². The lowest BCUT2D eigenvalue weighted by Gasteiger charge is -2.31. The molecule has 3 rings (SSSR count). The third kappa shape index (κ3) is 2.90. The van der Waals surface area contributed by atoms with Gasteiger partial charge < -0.3 is 4.90 Å². The van der Waals surface area contributed by atoms with Gasteiger partial charge in [0.05, 0.1) is 5.01 Å². The first-order valence-corrected chi connectivity index (χ1v) is 7.77. The number of carbonyl (C=O) groups excluding carboxylic acids is 1. The number of thiazole rings is 1. The lowest BCUT2D eigenvalue weighted by molar-refractivity contribution is 0.0684. The normalized spacial score (nSPS) is 16.6. The molecule has 3 heterocycles. The molecular weight excluding hydrogens is 272 g/mol. The minimum absolute atomic E-state index is 0.0540. The van der Waals surface area contributed by atoms with Crippen molar-refractivity contribution in [3.8, 4) is 0 Å². The van der Waals surface area contributed by atoms with Crippen molar-refractivity contribution >= 4 is 17.2 Å². The smallest absolute Gasteiger partial charge is 0.274 e. The molecule has 1 amide bonds. The van der Waals surface area contributed by atoms with Crippen molar-refractivity contribution in [1.29, 1.82) is 0 Å². The summed E-state index contributed by atoms with van der Waals surface area (Å²) >= 11 is 1.72. The average Bonchev–Trinajstić information content (AvgIpc) is 3.10. The van der Waals surface area contributed by atoms with Crippen LogP contribution in [0, 0.1) is 5.92 Å². The summed E-state index contributed by atoms with van der Waals surface area (Å²) in [5.74, 6) is 0.701. The molecule has 20 heavy (non-hydrogen) atoms. The summed E-state index contributed by atoms with van der Waals surface area (Å²) in [6.07, 6.45) is 6.82. The molecular formula is C14H18N4OS. The van der Waals surface area contributed by atoms with E-state index in [0.29, 0.717) is 11.6 Å². The zero-order chi connectivity index (χ0) is 13.9. The highest BCUT2D eigenvalue weighted by atomic mass is 32.1. The molecule has 0 radical (unpaired) electrons. The molecule has 0 spiro atoms. The minimum atomic E-state index is 0.0540. The van der Waals surface area contributed by atoms with Crippen LogP contribution < -0.4 is 0 Å². The Kier molecular flexibility index (Phi) is 3.82. The van der Waals surface area contributed by atoms with E-state index in [0.717, 1.165) is 32.4 Å². The van der Waals surface area contributed by atoms with Gasteiger partial charge >= 0.3 is 0 Å². The van der Waals surface area contributed by atoms with Crippen molar-refractivity contribution in [2.45, 2.75) is 19.3 Å². The van der Waals surface area contributed by atoms with E-state index < -0.39 is 0 Å². The lowest BCUT2D eigenvalue weighted by Crippen LogP contribution is -2.39. The first-order chi connectivity index (χ1) is 9.72. The molecule has 2 aromatic rings. The number of carbonyl (C=O) groups is 1. The molecule has 1 aliphatic heterocycles. The van der Waals surface area contributed by atoms with Crippen LogP contribution in [0.3, 0.4) is 0 Å². The van der Waals surface area contributed by atoms with Gasteiger partial charge in [0, 0.05) is 44.3 Å². The Bertz CT molecular complexity index is 570. The van der Waals surface area contributed by atoms with Gasteiger partial charge in [-0.05, 0) is 24.8 Å². The Hall–Kier alpha value is -1.69. The fourth-order valence-electron chi connectivity index (χ4n) is 2.63. The standard InChI is InChI=1S/C14H18N4OS/c1-17-6-4-12(16-17)14(19)18-7-2-11(3-8-18)10-13-15-5-9-20-13/h4-6,9,11H,2-3,7-8,10H2,1H3. The van der Waals surface area contributed by atoms with Gasteiger partial charge in [0.25, 0.3) is 5.91 Å². The topological polar surface area (TPSA) is 51.0 Å². The summed E-state index contributed by atoms with van der Waals surface area (Å²) in [6.45, 7) is 1.65. The number of nitrogens with zero attached hydrogens (tertiary/aromatic N) is 4. The molecule has 1 saturated heterocycles. The third-order valence-electron chi connectivity index (χ3n) is 3.78. The molecule has 0 saturated carbocycles. The zero-order valence-corrected chi connectivity index (χ0v) is 12.3. The van der Waals surface area contributed by atoms with Crippen molar-refractivity contribution in [3.05, 3.63) is 34.5 Å². The number of rotatable bonds is 3. The summed E-state index contributed by atoms with van der Waals surface area (Å²) in [7, 11) is 1.83. The summed E-state index contributed by atoms with van der Waals surface area (Å²) < 4.78 is 1.67. The van der Waals surface area contributed by atoms with E-state index in [9.17, 15) is 4.79 Å². The molecule has 6 heteroatoms. The Labute approximate surface area is 122 Å². The summed E-state index contributed by atoms with van der Waals surface area (Å²) in [5, 5.41) is 7.41. The number of hydrogen-bond donors (Lipinski definition) is 0. The van der Waals surface area contributed by atoms with E-state index in [1.165, 1.54) is 5.01 Å². The van der Waals surface area contributed by atoms with Crippen LogP contribution in [0.5, 0.6) is 0 Å². The van der Waals surface area contributed by atoms with Crippen LogP contribution in [-0.4, -0.2) is 38.7 Å². The molecule has 106 valence electrons. The van der Waals surface area contributed by atoms with Crippen LogP contribution in [0.15, 0.2) is 23.8 Å². The fourth-order valence-corrected chi connectivity index (χ4v) is 3.36. The van der Waals surface area contributed by atoms with Gasteiger partial charge in [-0.25, -0.2) is 4.98 Å². The first-order valence-electron chi connectivity index (χ1n) is 6.89. The Morgan fingerprint density at radius 2 is 2.25 bits per heavy atom. The summed E-state index contributed by atoms with van der Waals surface area (Å²) in [6, 6.07) is 1.78. The van der Waals surface area contributed by atoms with Gasteiger partial charge in [0.2, 0.25) is 0 Å². The maximum atomic E-state index is 12.3. The monoisotopic (exact) mass is 290 g/mol. The van der Waals surface area contributed by atoms with Crippen LogP contribution in [0.25, 0.3) is 0 Å². The molecule has 1 fully saturated rings. The van der Waals surface area contributed by atoms with Crippen LogP contribution in [0.1, 0.15) is 28.3 Å². The Balaban J connectivity index is 1.54. The van der Waals surface area contributed by atoms with Gasteiger partial charge in [-0.2, -0.15) is 5.10 Å². The molecule has 5 nitrogen and oxygen atoms in total. The molecule has 0 bridgehead atoms. The quantitative estimate of drug-likeness (QED) is 0.868. The summed E-state index contributed by atoms with van der Waals surface area (Å²) in [4.78, 5) is 18.5. The van der Waals surface area contributed by atoms with Crippen LogP contribution in [-0.2, 0) is 13.5 Å². The maximum absolute atomic E-state index is 12.3. The fraction of sp³-hybridized carbons (Fsp3) is 0.500. The number of piperidine rings is 1. The molecule has 2 aromatic heterocycles. The van der Waals surface area contributed by atoms with Crippen LogP contribution in [0.4, 0.5) is 0 Å². The Morgan fingerprint density at radius 1 is 1.45 bits per heavy atom. The van der Waals surface area contributed by atoms with E-state index in [2.05, 4.69) is 10.1 Å². The van der Waals surface area contributed by atoms with Gasteiger partial charge in [0.15, 0.2) is 0 Å². The predicted molar refractivity (Wildman–Crippen MR) is 77.7 cm³/mol. The molecule has 0 N–H and O–H groups in total. The highest BCUT2D eigenvalue weighted by Crippen LogP contribution is 2.23. The van der Waals surface area contributed by atoms with Crippen molar-refractivity contribution < 1.29 is 4.79 Å². The molecule has 0 aromatic carbocycles. The second-order valence-electron chi connectivity index (χ2n) is 5.24. The highest BCUT2D eigenvalue weighted by molar-refractivity contribution is 7.09. The second-order valence-corrected chi connectivity index (χ2v) is 6.22. The minimum Gasteiger partial charge on any atom is -0.337 e. The van der Waals surface area contributed by atoms with Gasteiger partial charge in [-0.3, -0.25) is 9.48 Å². The number of hydrogen-bond acceptors (Lipinski definition) is 4. The zero-order valence-electron chi connectivity index (χ0n) is 11.5. The van der Waals surface area contributed by atoms with E-state index >= 15 is 0 Å². The maximum Gasteiger partial charge on any atom is 0.274 e. The van der Waals surface area contributed by atoms with Crippen molar-refractivity contribution in [1.82, 2.24) is 19.7 Å². The van der Waals surface area contributed by atoms with Crippen molar-refractivity contribution in [2.24, 2.45) is 13.0 Å². The third-order valence-corrected chi connectivity index (χ3v) is 4.58. The SMILES string of the molecule is Cn1ccc(C(=O)N2CCC(Cc3nccs3)CC2)n1. The first kappa shape index (κ1) is 13.3. The van der Waals surface area contributed by atoms with Gasteiger partial charge in [-0.1, -0.05) is 0 Å². The van der Waals surface area contributed by atoms with Gasteiger partial charge in [0.1, 0.15) is 5.69 Å². The number of aryl methyl sites for hydroxylation is 1. The molecule has 0 atom stereocenters. The van der Waals surface area contributed by atoms with E-state index in [1.54, 1.807) is 22.1 Å². The molecule has 1 aliphatic rings. The van der Waals surface area contributed by atoms with E-state index in [1.807, 2.05) is 29.7 Å². The molecule has 0 unspecified atom stereocenters. The highest BCUT2D eigenvalue weighted by Gasteiger charge is 2.25.